The third-order valence-corrected chi connectivity index (χ3v) is 4.05. The molecular formula is C17H18N4O5. The van der Waals surface area contributed by atoms with Crippen molar-refractivity contribution in [3.8, 4) is 11.5 Å². The molecule has 3 rings (SSSR count). The molecule has 1 aromatic carbocycles. The van der Waals surface area contributed by atoms with E-state index < -0.39 is 12.0 Å². The smallest absolute Gasteiger partial charge is 0.356 e. The van der Waals surface area contributed by atoms with Gasteiger partial charge in [0.2, 0.25) is 5.91 Å². The molecule has 9 heteroatoms. The average Bonchev–Trinajstić information content (AvgIpc) is 3.02. The normalized spacial score (nSPS) is 16.5. The molecule has 1 atom stereocenters. The summed E-state index contributed by atoms with van der Waals surface area (Å²) in [5, 5.41) is 11.8. The first kappa shape index (κ1) is 17.5. The molecule has 0 bridgehead atoms. The number of carbonyl (C=O) groups excluding carboxylic acids is 1. The fourth-order valence-corrected chi connectivity index (χ4v) is 2.71. The molecular weight excluding hydrogens is 340 g/mol. The fraction of sp³-hybridized carbons (Fsp3) is 0.294. The summed E-state index contributed by atoms with van der Waals surface area (Å²) in [5.41, 5.74) is 0.529. The van der Waals surface area contributed by atoms with Crippen molar-refractivity contribution in [1.82, 2.24) is 9.97 Å². The Morgan fingerprint density at radius 2 is 1.88 bits per heavy atom. The third-order valence-electron chi connectivity index (χ3n) is 4.05. The molecule has 1 aliphatic rings. The van der Waals surface area contributed by atoms with Crippen LogP contribution in [-0.4, -0.2) is 53.8 Å². The minimum Gasteiger partial charge on any atom is -0.497 e. The van der Waals surface area contributed by atoms with Crippen LogP contribution < -0.4 is 19.7 Å². The number of hydrogen-bond donors (Lipinski definition) is 2. The number of anilines is 2. The minimum absolute atomic E-state index is 0.121. The molecule has 0 radical (unpaired) electrons. The van der Waals surface area contributed by atoms with Crippen molar-refractivity contribution in [2.45, 2.75) is 12.5 Å². The number of ether oxygens (including phenoxy) is 2. The Bertz CT molecular complexity index is 802. The summed E-state index contributed by atoms with van der Waals surface area (Å²) in [6.45, 7) is 0.521. The van der Waals surface area contributed by atoms with Crippen LogP contribution in [0.5, 0.6) is 11.5 Å². The molecule has 2 N–H and O–H groups in total. The van der Waals surface area contributed by atoms with Crippen LogP contribution >= 0.6 is 0 Å². The zero-order valence-electron chi connectivity index (χ0n) is 14.3. The predicted octanol–water partition coefficient (Wildman–Crippen LogP) is 1.41. The lowest BCUT2D eigenvalue weighted by Crippen LogP contribution is -2.33. The summed E-state index contributed by atoms with van der Waals surface area (Å²) in [6.07, 6.45) is 3.02. The largest absolute Gasteiger partial charge is 0.497 e. The number of carboxylic acids is 1. The Balaban J connectivity index is 1.74. The Morgan fingerprint density at radius 1 is 1.19 bits per heavy atom. The molecule has 1 saturated heterocycles. The van der Waals surface area contributed by atoms with Gasteiger partial charge in [-0.25, -0.2) is 14.8 Å². The number of benzene rings is 1. The number of nitrogens with zero attached hydrogens (tertiary/aromatic N) is 3. The monoisotopic (exact) mass is 358 g/mol. The van der Waals surface area contributed by atoms with Gasteiger partial charge in [0.1, 0.15) is 23.4 Å². The summed E-state index contributed by atoms with van der Waals surface area (Å²) in [4.78, 5) is 32.9. The lowest BCUT2D eigenvalue weighted by atomic mass is 10.2. The van der Waals surface area contributed by atoms with Gasteiger partial charge in [0.05, 0.1) is 32.3 Å². The van der Waals surface area contributed by atoms with E-state index in [1.54, 1.807) is 37.3 Å². The van der Waals surface area contributed by atoms with Gasteiger partial charge in [-0.1, -0.05) is 0 Å². The highest BCUT2D eigenvalue weighted by Gasteiger charge is 2.33. The van der Waals surface area contributed by atoms with E-state index >= 15 is 0 Å². The number of methoxy groups -OCH3 is 2. The van der Waals surface area contributed by atoms with Crippen LogP contribution in [0.3, 0.4) is 0 Å². The number of aromatic nitrogens is 2. The highest BCUT2D eigenvalue weighted by molar-refractivity contribution is 6.01. The molecule has 1 aliphatic heterocycles. The molecule has 0 spiro atoms. The molecule has 1 amide bonds. The standard InChI is InChI=1S/C17H18N4O5/c1-25-11-5-10(6-12(7-11)26-2)21-4-3-13(16(21)22)20-15-9-18-14(8-19-15)17(23)24/h5-9,13H,3-4H2,1-2H3,(H,19,20)(H,23,24). The van der Waals surface area contributed by atoms with E-state index in [2.05, 4.69) is 15.3 Å². The summed E-state index contributed by atoms with van der Waals surface area (Å²) in [5.74, 6) is 0.263. The molecule has 0 saturated carbocycles. The van der Waals surface area contributed by atoms with Crippen LogP contribution in [0.15, 0.2) is 30.6 Å². The Hall–Kier alpha value is -3.36. The number of amides is 1. The minimum atomic E-state index is -1.15. The highest BCUT2D eigenvalue weighted by atomic mass is 16.5. The van der Waals surface area contributed by atoms with E-state index in [-0.39, 0.29) is 11.6 Å². The molecule has 2 heterocycles. The summed E-state index contributed by atoms with van der Waals surface area (Å²) in [6, 6.07) is 4.80. The Labute approximate surface area is 149 Å². The molecule has 2 aromatic rings. The van der Waals surface area contributed by atoms with E-state index in [1.807, 2.05) is 0 Å². The van der Waals surface area contributed by atoms with E-state index in [1.165, 1.54) is 6.20 Å². The zero-order valence-corrected chi connectivity index (χ0v) is 14.3. The number of rotatable bonds is 6. The van der Waals surface area contributed by atoms with E-state index in [4.69, 9.17) is 14.6 Å². The van der Waals surface area contributed by atoms with Crippen molar-refractivity contribution in [1.29, 1.82) is 0 Å². The van der Waals surface area contributed by atoms with Crippen LogP contribution in [0.2, 0.25) is 0 Å². The Kier molecular flexibility index (Phi) is 4.87. The first-order valence-electron chi connectivity index (χ1n) is 7.88. The lowest BCUT2D eigenvalue weighted by molar-refractivity contribution is -0.117. The van der Waals surface area contributed by atoms with Crippen molar-refractivity contribution in [3.05, 3.63) is 36.3 Å². The number of hydrogen-bond acceptors (Lipinski definition) is 7. The third kappa shape index (κ3) is 3.51. The van der Waals surface area contributed by atoms with Gasteiger partial charge < -0.3 is 24.8 Å². The molecule has 1 fully saturated rings. The van der Waals surface area contributed by atoms with Crippen molar-refractivity contribution < 1.29 is 24.2 Å². The number of carbonyl (C=O) groups is 2. The summed E-state index contributed by atoms with van der Waals surface area (Å²) >= 11 is 0. The van der Waals surface area contributed by atoms with Crippen molar-refractivity contribution in [3.63, 3.8) is 0 Å². The maximum Gasteiger partial charge on any atom is 0.356 e. The van der Waals surface area contributed by atoms with Crippen LogP contribution in [0.25, 0.3) is 0 Å². The van der Waals surface area contributed by atoms with Crippen LogP contribution in [0.1, 0.15) is 16.9 Å². The second kappa shape index (κ2) is 7.26. The summed E-state index contributed by atoms with van der Waals surface area (Å²) in [7, 11) is 3.10. The second-order valence-electron chi connectivity index (χ2n) is 5.64. The molecule has 9 nitrogen and oxygen atoms in total. The van der Waals surface area contributed by atoms with Crippen LogP contribution in [0.4, 0.5) is 11.5 Å². The van der Waals surface area contributed by atoms with Gasteiger partial charge in [0, 0.05) is 24.7 Å². The lowest BCUT2D eigenvalue weighted by Gasteiger charge is -2.19. The van der Waals surface area contributed by atoms with Crippen LogP contribution in [0, 0.1) is 0 Å². The topological polar surface area (TPSA) is 114 Å². The van der Waals surface area contributed by atoms with Crippen LogP contribution in [-0.2, 0) is 4.79 Å². The maximum atomic E-state index is 12.7. The number of nitrogens with one attached hydrogen (secondary N) is 1. The van der Waals surface area contributed by atoms with Gasteiger partial charge in [0.25, 0.3) is 0 Å². The highest BCUT2D eigenvalue weighted by Crippen LogP contribution is 2.31. The van der Waals surface area contributed by atoms with Gasteiger partial charge in [-0.05, 0) is 6.42 Å². The second-order valence-corrected chi connectivity index (χ2v) is 5.64. The molecule has 26 heavy (non-hydrogen) atoms. The number of aromatic carboxylic acids is 1. The predicted molar refractivity (Wildman–Crippen MR) is 92.9 cm³/mol. The quantitative estimate of drug-likeness (QED) is 0.797. The zero-order chi connectivity index (χ0) is 18.7. The van der Waals surface area contributed by atoms with Gasteiger partial charge in [-0.15, -0.1) is 0 Å². The van der Waals surface area contributed by atoms with Crippen molar-refractivity contribution in [2.75, 3.05) is 31.0 Å². The average molecular weight is 358 g/mol. The maximum absolute atomic E-state index is 12.7. The van der Waals surface area contributed by atoms with Crippen molar-refractivity contribution >= 4 is 23.4 Å². The first-order valence-corrected chi connectivity index (χ1v) is 7.88. The van der Waals surface area contributed by atoms with Gasteiger partial charge >= 0.3 is 5.97 Å². The molecule has 1 unspecified atom stereocenters. The number of carboxylic acid groups (broad SMARTS) is 1. The molecule has 1 aromatic heterocycles. The summed E-state index contributed by atoms with van der Waals surface area (Å²) < 4.78 is 10.5. The van der Waals surface area contributed by atoms with Gasteiger partial charge in [0.15, 0.2) is 5.69 Å². The fourth-order valence-electron chi connectivity index (χ4n) is 2.71. The van der Waals surface area contributed by atoms with Crippen molar-refractivity contribution in [2.24, 2.45) is 0 Å². The van der Waals surface area contributed by atoms with E-state index in [9.17, 15) is 9.59 Å². The van der Waals surface area contributed by atoms with E-state index in [0.29, 0.717) is 36.0 Å². The molecule has 0 aliphatic carbocycles. The first-order chi connectivity index (χ1) is 12.5. The van der Waals surface area contributed by atoms with Gasteiger partial charge in [-0.3, -0.25) is 4.79 Å². The van der Waals surface area contributed by atoms with E-state index in [0.717, 1.165) is 6.20 Å². The SMILES string of the molecule is COc1cc(OC)cc(N2CCC(Nc3cnc(C(=O)O)cn3)C2=O)c1. The van der Waals surface area contributed by atoms with Gasteiger partial charge in [-0.2, -0.15) is 0 Å². The Morgan fingerprint density at radius 3 is 2.42 bits per heavy atom. The molecule has 136 valence electrons.